The highest BCUT2D eigenvalue weighted by molar-refractivity contribution is 7.62. The summed E-state index contributed by atoms with van der Waals surface area (Å²) in [4.78, 5) is 4.29. The van der Waals surface area contributed by atoms with E-state index in [4.69, 9.17) is 9.47 Å². The van der Waals surface area contributed by atoms with E-state index in [0.717, 1.165) is 46.2 Å². The Balaban J connectivity index is 1.69. The van der Waals surface area contributed by atoms with Crippen molar-refractivity contribution >= 4 is 48.2 Å². The molecule has 0 amide bonds. The van der Waals surface area contributed by atoms with Gasteiger partial charge < -0.3 is 28.4 Å². The molecular formula is C30H30N2O4P2. The Morgan fingerprint density at radius 3 is 1.37 bits per heavy atom. The van der Waals surface area contributed by atoms with Crippen LogP contribution in [0.4, 0.5) is 11.4 Å². The Morgan fingerprint density at radius 2 is 0.974 bits per heavy atom. The van der Waals surface area contributed by atoms with Crippen LogP contribution < -0.4 is 40.5 Å². The van der Waals surface area contributed by atoms with Crippen molar-refractivity contribution in [1.82, 2.24) is 0 Å². The molecule has 0 N–H and O–H groups in total. The fraction of sp³-hybridized carbons (Fsp3) is 0.200. The Kier molecular flexibility index (Phi) is 6.78. The number of hydrogen-bond donors (Lipinski definition) is 0. The quantitative estimate of drug-likeness (QED) is 0.354. The van der Waals surface area contributed by atoms with Crippen molar-refractivity contribution in [2.75, 3.05) is 50.2 Å². The first kappa shape index (κ1) is 24.9. The molecule has 0 saturated carbocycles. The maximum absolute atomic E-state index is 14.2. The van der Waals surface area contributed by atoms with Gasteiger partial charge in [-0.2, -0.15) is 0 Å². The van der Waals surface area contributed by atoms with E-state index in [1.54, 1.807) is 0 Å². The van der Waals surface area contributed by atoms with Gasteiger partial charge in [-0.3, -0.25) is 0 Å². The fourth-order valence-corrected chi connectivity index (χ4v) is 8.22. The van der Waals surface area contributed by atoms with Gasteiger partial charge >= 0.3 is 0 Å². The Hall–Kier alpha value is -3.46. The number of benzene rings is 4. The molecule has 8 heteroatoms. The molecule has 0 aliphatic carbocycles. The molecule has 194 valence electrons. The van der Waals surface area contributed by atoms with Gasteiger partial charge in [-0.05, 0) is 24.3 Å². The third-order valence-electron chi connectivity index (χ3n) is 7.25. The average molecular weight is 545 g/mol. The average Bonchev–Trinajstić information content (AvgIpc) is 2.97. The van der Waals surface area contributed by atoms with Crippen molar-refractivity contribution in [2.24, 2.45) is 0 Å². The van der Waals surface area contributed by atoms with E-state index >= 15 is 0 Å². The summed E-state index contributed by atoms with van der Waals surface area (Å²) in [6, 6.07) is 26.9. The molecule has 6 rings (SSSR count). The zero-order chi connectivity index (χ0) is 26.2. The maximum atomic E-state index is 14.2. The van der Waals surface area contributed by atoms with E-state index in [0.29, 0.717) is 35.3 Å². The van der Waals surface area contributed by atoms with E-state index in [1.165, 1.54) is 0 Å². The second-order valence-corrected chi connectivity index (χ2v) is 13.2. The number of ether oxygens (including phenoxy) is 2. The summed E-state index contributed by atoms with van der Waals surface area (Å²) in [6.45, 7) is 2.51. The molecule has 6 nitrogen and oxygen atoms in total. The van der Waals surface area contributed by atoms with Crippen LogP contribution in [0.1, 0.15) is 0 Å². The van der Waals surface area contributed by atoms with Crippen molar-refractivity contribution in [3.8, 4) is 22.6 Å². The summed E-state index contributed by atoms with van der Waals surface area (Å²) in [7, 11) is -0.787. The number of fused-ring (bicyclic) bond motifs is 2. The SMILES string of the molecule is CN1CCOc2c1ccc([PH](=O)c1ccccc1)c2-c1c([PH](=O)c2ccccc2)ccc2c1OCCN2C. The van der Waals surface area contributed by atoms with Crippen LogP contribution in [0.15, 0.2) is 84.9 Å². The van der Waals surface area contributed by atoms with Gasteiger partial charge in [0.1, 0.15) is 28.8 Å². The lowest BCUT2D eigenvalue weighted by Crippen LogP contribution is -2.32. The largest absolute Gasteiger partial charge is 0.489 e. The number of nitrogens with zero attached hydrogens (tertiary/aromatic N) is 2. The summed E-state index contributed by atoms with van der Waals surface area (Å²) in [5.74, 6) is 1.33. The highest BCUT2D eigenvalue weighted by Crippen LogP contribution is 2.49. The van der Waals surface area contributed by atoms with E-state index in [9.17, 15) is 9.13 Å². The lowest BCUT2D eigenvalue weighted by molar-refractivity contribution is 0.308. The first-order chi connectivity index (χ1) is 18.5. The molecule has 0 saturated heterocycles. The Bertz CT molecular complexity index is 1430. The van der Waals surface area contributed by atoms with Crippen LogP contribution in [0.2, 0.25) is 0 Å². The second-order valence-electron chi connectivity index (χ2n) is 9.60. The van der Waals surface area contributed by atoms with Crippen LogP contribution in [0.3, 0.4) is 0 Å². The summed E-state index contributed by atoms with van der Waals surface area (Å²) >= 11 is 0. The molecule has 4 aromatic rings. The minimum atomic E-state index is -2.42. The molecule has 38 heavy (non-hydrogen) atoms. The molecule has 2 atom stereocenters. The van der Waals surface area contributed by atoms with Gasteiger partial charge in [-0.1, -0.05) is 60.7 Å². The minimum absolute atomic E-state index is 0.505. The topological polar surface area (TPSA) is 59.1 Å². The molecule has 4 aromatic carbocycles. The van der Waals surface area contributed by atoms with Gasteiger partial charge in [-0.15, -0.1) is 0 Å². The predicted molar refractivity (Wildman–Crippen MR) is 159 cm³/mol. The highest BCUT2D eigenvalue weighted by Gasteiger charge is 2.32. The van der Waals surface area contributed by atoms with Gasteiger partial charge in [0, 0.05) is 46.4 Å². The third-order valence-corrected chi connectivity index (χ3v) is 10.8. The van der Waals surface area contributed by atoms with Crippen molar-refractivity contribution in [1.29, 1.82) is 0 Å². The number of likely N-dealkylation sites (N-methyl/N-ethyl adjacent to an activating group) is 2. The van der Waals surface area contributed by atoms with Crippen molar-refractivity contribution in [3.05, 3.63) is 84.9 Å². The lowest BCUT2D eigenvalue weighted by atomic mass is 9.99. The second kappa shape index (κ2) is 10.4. The molecule has 2 heterocycles. The maximum Gasteiger partial charge on any atom is 0.151 e. The monoisotopic (exact) mass is 544 g/mol. The van der Waals surface area contributed by atoms with Crippen molar-refractivity contribution in [2.45, 2.75) is 0 Å². The number of hydrogen-bond acceptors (Lipinski definition) is 6. The highest BCUT2D eigenvalue weighted by atomic mass is 31.1. The fourth-order valence-electron chi connectivity index (χ4n) is 5.21. The summed E-state index contributed by atoms with van der Waals surface area (Å²) in [5.41, 5.74) is 3.28. The van der Waals surface area contributed by atoms with Crippen LogP contribution in [-0.2, 0) is 9.13 Å². The third kappa shape index (κ3) is 4.32. The first-order valence-corrected chi connectivity index (χ1v) is 15.6. The van der Waals surface area contributed by atoms with Crippen LogP contribution in [0, 0.1) is 0 Å². The standard InChI is InChI=1S/C30H30N2O4P2/c1-31-17-19-35-29-23(31)13-15-25(37(33)21-9-5-3-6-10-21)27(29)28-26(38(34)22-11-7-4-8-12-22)16-14-24-30(28)36-20-18-32(24)2/h3-16,37-38H,17-20H2,1-2H3. The van der Waals surface area contributed by atoms with Gasteiger partial charge in [0.05, 0.1) is 24.5 Å². The molecule has 2 unspecified atom stereocenters. The predicted octanol–water partition coefficient (Wildman–Crippen LogP) is 4.03. The molecule has 0 spiro atoms. The van der Waals surface area contributed by atoms with Crippen LogP contribution in [0.25, 0.3) is 11.1 Å². The summed E-state index contributed by atoms with van der Waals surface area (Å²) < 4.78 is 41.1. The van der Waals surface area contributed by atoms with Gasteiger partial charge in [0.15, 0.2) is 11.5 Å². The number of anilines is 2. The van der Waals surface area contributed by atoms with Crippen LogP contribution in [0.5, 0.6) is 11.5 Å². The normalized spacial score (nSPS) is 16.1. The van der Waals surface area contributed by atoms with Gasteiger partial charge in [-0.25, -0.2) is 0 Å². The Morgan fingerprint density at radius 1 is 0.579 bits per heavy atom. The van der Waals surface area contributed by atoms with Crippen LogP contribution in [-0.4, -0.2) is 40.4 Å². The molecule has 0 fully saturated rings. The smallest absolute Gasteiger partial charge is 0.151 e. The van der Waals surface area contributed by atoms with Gasteiger partial charge in [0.25, 0.3) is 0 Å². The van der Waals surface area contributed by atoms with Crippen LogP contribution >= 0.6 is 15.6 Å². The minimum Gasteiger partial charge on any atom is -0.489 e. The van der Waals surface area contributed by atoms with Gasteiger partial charge in [0.2, 0.25) is 0 Å². The zero-order valence-corrected chi connectivity index (χ0v) is 23.4. The van der Waals surface area contributed by atoms with E-state index < -0.39 is 15.6 Å². The first-order valence-electron chi connectivity index (χ1n) is 12.8. The van der Waals surface area contributed by atoms with E-state index in [2.05, 4.69) is 9.80 Å². The van der Waals surface area contributed by atoms with Crippen molar-refractivity contribution in [3.63, 3.8) is 0 Å². The zero-order valence-electron chi connectivity index (χ0n) is 21.4. The number of rotatable bonds is 5. The molecule has 0 aromatic heterocycles. The molecule has 0 bridgehead atoms. The van der Waals surface area contributed by atoms with E-state index in [1.807, 2.05) is 99.0 Å². The lowest BCUT2D eigenvalue weighted by Gasteiger charge is -2.34. The van der Waals surface area contributed by atoms with Crippen molar-refractivity contribution < 1.29 is 18.6 Å². The summed E-state index contributed by atoms with van der Waals surface area (Å²) in [5, 5.41) is 2.90. The van der Waals surface area contributed by atoms with E-state index in [-0.39, 0.29) is 0 Å². The summed E-state index contributed by atoms with van der Waals surface area (Å²) in [6.07, 6.45) is 0. The Labute approximate surface area is 224 Å². The molecular weight excluding hydrogens is 514 g/mol. The molecule has 0 radical (unpaired) electrons. The molecule has 2 aliphatic rings. The molecule has 2 aliphatic heterocycles.